The molecule has 23 heavy (non-hydrogen) atoms. The number of rotatable bonds is 8. The third kappa shape index (κ3) is 4.24. The minimum atomic E-state index is -0.288. The number of hydrogen-bond donors (Lipinski definition) is 1. The van der Waals surface area contributed by atoms with Gasteiger partial charge in [0, 0.05) is 19.2 Å². The average molecular weight is 315 g/mol. The van der Waals surface area contributed by atoms with Crippen molar-refractivity contribution in [1.82, 2.24) is 5.32 Å². The molecule has 0 aliphatic rings. The standard InChI is InChI=1S/C19H25NO3/c1-19(14-21-2,16-8-6-5-7-9-16)20-13-15-12-17(22-3)10-11-18(15)23-4/h5-12,20H,13-14H2,1-4H3/t19-/m0/s1. The summed E-state index contributed by atoms with van der Waals surface area (Å²) in [7, 11) is 5.06. The molecule has 2 aromatic carbocycles. The maximum atomic E-state index is 5.45. The van der Waals surface area contributed by atoms with Crippen molar-refractivity contribution in [3.8, 4) is 11.5 Å². The molecule has 0 aromatic heterocycles. The quantitative estimate of drug-likeness (QED) is 0.811. The van der Waals surface area contributed by atoms with Crippen LogP contribution in [0.5, 0.6) is 11.5 Å². The van der Waals surface area contributed by atoms with Gasteiger partial charge in [0.25, 0.3) is 0 Å². The van der Waals surface area contributed by atoms with Crippen LogP contribution in [-0.2, 0) is 16.8 Å². The SMILES string of the molecule is COC[C@](C)(NCc1cc(OC)ccc1OC)c1ccccc1. The molecule has 0 saturated heterocycles. The lowest BCUT2D eigenvalue weighted by Crippen LogP contribution is -2.43. The molecule has 124 valence electrons. The lowest BCUT2D eigenvalue weighted by molar-refractivity contribution is 0.117. The highest BCUT2D eigenvalue weighted by Crippen LogP contribution is 2.26. The van der Waals surface area contributed by atoms with Crippen LogP contribution in [0.25, 0.3) is 0 Å². The lowest BCUT2D eigenvalue weighted by atomic mass is 9.92. The number of hydrogen-bond acceptors (Lipinski definition) is 4. The van der Waals surface area contributed by atoms with Crippen molar-refractivity contribution >= 4 is 0 Å². The van der Waals surface area contributed by atoms with Crippen LogP contribution < -0.4 is 14.8 Å². The molecule has 4 nitrogen and oxygen atoms in total. The minimum absolute atomic E-state index is 0.288. The van der Waals surface area contributed by atoms with Gasteiger partial charge in [0.15, 0.2) is 0 Å². The Labute approximate surface area is 138 Å². The second kappa shape index (κ2) is 7.99. The van der Waals surface area contributed by atoms with Crippen molar-refractivity contribution < 1.29 is 14.2 Å². The van der Waals surface area contributed by atoms with E-state index in [0.717, 1.165) is 17.1 Å². The van der Waals surface area contributed by atoms with Crippen molar-refractivity contribution in [3.63, 3.8) is 0 Å². The van der Waals surface area contributed by atoms with E-state index in [9.17, 15) is 0 Å². The normalized spacial score (nSPS) is 13.4. The third-order valence-electron chi connectivity index (χ3n) is 4.00. The number of methoxy groups -OCH3 is 3. The Morgan fingerprint density at radius 1 is 0.957 bits per heavy atom. The first-order valence-electron chi connectivity index (χ1n) is 7.63. The fraction of sp³-hybridized carbons (Fsp3) is 0.368. The molecule has 1 atom stereocenters. The molecule has 2 aromatic rings. The zero-order chi connectivity index (χ0) is 16.7. The van der Waals surface area contributed by atoms with Crippen LogP contribution in [0.1, 0.15) is 18.1 Å². The van der Waals surface area contributed by atoms with E-state index in [1.165, 1.54) is 5.56 Å². The first-order valence-corrected chi connectivity index (χ1v) is 7.63. The molecule has 0 amide bonds. The lowest BCUT2D eigenvalue weighted by Gasteiger charge is -2.31. The van der Waals surface area contributed by atoms with Gasteiger partial charge in [-0.25, -0.2) is 0 Å². The van der Waals surface area contributed by atoms with Crippen molar-refractivity contribution in [2.75, 3.05) is 27.9 Å². The molecule has 0 fully saturated rings. The van der Waals surface area contributed by atoms with Gasteiger partial charge in [0.05, 0.1) is 26.4 Å². The van der Waals surface area contributed by atoms with Gasteiger partial charge in [0.2, 0.25) is 0 Å². The molecule has 0 bridgehead atoms. The maximum Gasteiger partial charge on any atom is 0.123 e. The number of nitrogens with one attached hydrogen (secondary N) is 1. The second-order valence-corrected chi connectivity index (χ2v) is 5.66. The van der Waals surface area contributed by atoms with E-state index in [2.05, 4.69) is 24.4 Å². The van der Waals surface area contributed by atoms with Crippen molar-refractivity contribution in [3.05, 3.63) is 59.7 Å². The summed E-state index contributed by atoms with van der Waals surface area (Å²) in [5.74, 6) is 1.65. The molecule has 1 N–H and O–H groups in total. The Morgan fingerprint density at radius 2 is 1.70 bits per heavy atom. The molecule has 0 unspecified atom stereocenters. The molecule has 0 aliphatic heterocycles. The van der Waals surface area contributed by atoms with Gasteiger partial charge in [-0.15, -0.1) is 0 Å². The van der Waals surface area contributed by atoms with Gasteiger partial charge in [-0.05, 0) is 30.7 Å². The highest BCUT2D eigenvalue weighted by molar-refractivity contribution is 5.40. The Morgan fingerprint density at radius 3 is 2.30 bits per heavy atom. The van der Waals surface area contributed by atoms with Crippen LogP contribution in [0.15, 0.2) is 48.5 Å². The van der Waals surface area contributed by atoms with Crippen LogP contribution >= 0.6 is 0 Å². The summed E-state index contributed by atoms with van der Waals surface area (Å²) in [6.07, 6.45) is 0. The van der Waals surface area contributed by atoms with E-state index in [0.29, 0.717) is 13.2 Å². The Kier molecular flexibility index (Phi) is 6.02. The van der Waals surface area contributed by atoms with Crippen molar-refractivity contribution in [2.45, 2.75) is 19.0 Å². The van der Waals surface area contributed by atoms with E-state index in [1.54, 1.807) is 21.3 Å². The fourth-order valence-corrected chi connectivity index (χ4v) is 2.64. The zero-order valence-corrected chi connectivity index (χ0v) is 14.3. The highest BCUT2D eigenvalue weighted by Gasteiger charge is 2.26. The molecule has 4 heteroatoms. The number of benzene rings is 2. The molecule has 0 radical (unpaired) electrons. The van der Waals surface area contributed by atoms with Gasteiger partial charge < -0.3 is 19.5 Å². The summed E-state index contributed by atoms with van der Waals surface area (Å²) in [6, 6.07) is 16.1. The van der Waals surface area contributed by atoms with Crippen LogP contribution in [0.4, 0.5) is 0 Å². The molecular formula is C19H25NO3. The van der Waals surface area contributed by atoms with Gasteiger partial charge in [-0.1, -0.05) is 30.3 Å². The van der Waals surface area contributed by atoms with Gasteiger partial charge in [0.1, 0.15) is 11.5 Å². The van der Waals surface area contributed by atoms with Crippen LogP contribution in [0, 0.1) is 0 Å². The van der Waals surface area contributed by atoms with Crippen LogP contribution in [0.2, 0.25) is 0 Å². The van der Waals surface area contributed by atoms with Crippen LogP contribution in [0.3, 0.4) is 0 Å². The molecule has 0 saturated carbocycles. The highest BCUT2D eigenvalue weighted by atomic mass is 16.5. The molecular weight excluding hydrogens is 290 g/mol. The van der Waals surface area contributed by atoms with E-state index >= 15 is 0 Å². The first-order chi connectivity index (χ1) is 11.1. The average Bonchev–Trinajstić information content (AvgIpc) is 2.60. The second-order valence-electron chi connectivity index (χ2n) is 5.66. The summed E-state index contributed by atoms with van der Waals surface area (Å²) in [4.78, 5) is 0. The predicted octanol–water partition coefficient (Wildman–Crippen LogP) is 3.36. The Balaban J connectivity index is 2.22. The molecule has 0 spiro atoms. The largest absolute Gasteiger partial charge is 0.497 e. The molecule has 2 rings (SSSR count). The summed E-state index contributed by atoms with van der Waals surface area (Å²) in [5, 5.41) is 3.60. The zero-order valence-electron chi connectivity index (χ0n) is 14.3. The third-order valence-corrected chi connectivity index (χ3v) is 4.00. The Hall–Kier alpha value is -2.04. The van der Waals surface area contributed by atoms with Crippen molar-refractivity contribution in [2.24, 2.45) is 0 Å². The van der Waals surface area contributed by atoms with Crippen molar-refractivity contribution in [1.29, 1.82) is 0 Å². The van der Waals surface area contributed by atoms with E-state index in [4.69, 9.17) is 14.2 Å². The summed E-state index contributed by atoms with van der Waals surface area (Å²) >= 11 is 0. The monoisotopic (exact) mass is 315 g/mol. The summed E-state index contributed by atoms with van der Waals surface area (Å²) in [6.45, 7) is 3.36. The topological polar surface area (TPSA) is 39.7 Å². The van der Waals surface area contributed by atoms with Gasteiger partial charge in [-0.2, -0.15) is 0 Å². The van der Waals surface area contributed by atoms with Crippen LogP contribution in [-0.4, -0.2) is 27.9 Å². The fourth-order valence-electron chi connectivity index (χ4n) is 2.64. The molecule has 0 aliphatic carbocycles. The predicted molar refractivity (Wildman–Crippen MR) is 92.1 cm³/mol. The minimum Gasteiger partial charge on any atom is -0.497 e. The summed E-state index contributed by atoms with van der Waals surface area (Å²) in [5.41, 5.74) is 1.94. The van der Waals surface area contributed by atoms with E-state index in [-0.39, 0.29) is 5.54 Å². The Bertz CT molecular complexity index is 615. The van der Waals surface area contributed by atoms with E-state index in [1.807, 2.05) is 36.4 Å². The smallest absolute Gasteiger partial charge is 0.123 e. The maximum absolute atomic E-state index is 5.45. The van der Waals surface area contributed by atoms with Gasteiger partial charge in [-0.3, -0.25) is 0 Å². The number of ether oxygens (including phenoxy) is 3. The van der Waals surface area contributed by atoms with E-state index < -0.39 is 0 Å². The molecule has 0 heterocycles. The first kappa shape index (κ1) is 17.3. The summed E-state index contributed by atoms with van der Waals surface area (Å²) < 4.78 is 16.2. The van der Waals surface area contributed by atoms with Gasteiger partial charge >= 0.3 is 0 Å².